The van der Waals surface area contributed by atoms with Crippen molar-refractivity contribution in [2.75, 3.05) is 4.90 Å². The van der Waals surface area contributed by atoms with Crippen molar-refractivity contribution in [1.29, 1.82) is 0 Å². The van der Waals surface area contributed by atoms with Crippen LogP contribution < -0.4 is 26.1 Å². The fourth-order valence-electron chi connectivity index (χ4n) is 5.50. The first-order chi connectivity index (χ1) is 19.2. The Hall–Kier alpha value is -3.97. The molecule has 0 atom stereocenters. The summed E-state index contributed by atoms with van der Waals surface area (Å²) < 4.78 is 0. The fourth-order valence-corrected chi connectivity index (χ4v) is 13.0. The molecule has 0 aromatic heterocycles. The molecule has 39 heavy (non-hydrogen) atoms. The topological polar surface area (TPSA) is 3.24 Å². The van der Waals surface area contributed by atoms with Gasteiger partial charge in [0.1, 0.15) is 0 Å². The van der Waals surface area contributed by atoms with Gasteiger partial charge >= 0.3 is 240 Å². The van der Waals surface area contributed by atoms with Crippen LogP contribution >= 0.6 is 20.8 Å². The number of hydrogen-bond acceptors (Lipinski definition) is 1. The van der Waals surface area contributed by atoms with Crippen LogP contribution in [0.1, 0.15) is 0 Å². The van der Waals surface area contributed by atoms with E-state index in [1.54, 1.807) is 0 Å². The van der Waals surface area contributed by atoms with E-state index in [4.69, 9.17) is 0 Å². The molecular weight excluding hydrogens is 557 g/mol. The van der Waals surface area contributed by atoms with Gasteiger partial charge in [-0.1, -0.05) is 0 Å². The molecule has 0 amide bonds. The molecule has 0 spiro atoms. The fraction of sp³-hybridized carbons (Fsp3) is 0. The van der Waals surface area contributed by atoms with Crippen molar-refractivity contribution in [2.45, 2.75) is 0 Å². The Morgan fingerprint density at radius 1 is 0.308 bits per heavy atom. The van der Waals surface area contributed by atoms with Crippen LogP contribution in [0.15, 0.2) is 176 Å². The normalized spacial score (nSPS) is 12.3. The van der Waals surface area contributed by atoms with Gasteiger partial charge in [-0.2, -0.15) is 0 Å². The molecular formula is C36H29BrNP. The summed E-state index contributed by atoms with van der Waals surface area (Å²) in [5.41, 5.74) is 3.37. The van der Waals surface area contributed by atoms with Crippen LogP contribution in [0.5, 0.6) is 0 Å². The van der Waals surface area contributed by atoms with Crippen LogP contribution in [0.2, 0.25) is 0 Å². The molecule has 0 bridgehead atoms. The van der Waals surface area contributed by atoms with Crippen LogP contribution in [0.4, 0.5) is 17.1 Å². The second-order valence-electron chi connectivity index (χ2n) is 9.54. The summed E-state index contributed by atoms with van der Waals surface area (Å²) in [5, 5.41) is 1.83. The molecule has 0 aliphatic rings. The van der Waals surface area contributed by atoms with Gasteiger partial charge in [-0.25, -0.2) is 0 Å². The number of nitrogens with zero attached hydrogens (tertiary/aromatic N) is 1. The van der Waals surface area contributed by atoms with E-state index in [0.717, 1.165) is 17.1 Å². The number of hydrogen-bond donors (Lipinski definition) is 0. The molecule has 1 nitrogen and oxygen atoms in total. The van der Waals surface area contributed by atoms with E-state index >= 15 is 0 Å². The second-order valence-corrected chi connectivity index (χ2v) is 17.9. The van der Waals surface area contributed by atoms with E-state index < -0.39 is 5.31 Å². The molecule has 6 aromatic rings. The molecule has 6 aromatic carbocycles. The molecule has 0 aliphatic heterocycles. The number of anilines is 3. The minimum atomic E-state index is -3.25. The van der Waals surface area contributed by atoms with Crippen LogP contribution in [-0.4, -0.2) is 0 Å². The summed E-state index contributed by atoms with van der Waals surface area (Å²) in [4.78, 5) is 2.31. The summed E-state index contributed by atoms with van der Waals surface area (Å²) in [6.45, 7) is 0. The van der Waals surface area contributed by atoms with Crippen molar-refractivity contribution in [1.82, 2.24) is 0 Å². The maximum absolute atomic E-state index is 4.59. The molecule has 0 N–H and O–H groups in total. The van der Waals surface area contributed by atoms with Gasteiger partial charge < -0.3 is 0 Å². The Labute approximate surface area is 239 Å². The number of halogens is 1. The van der Waals surface area contributed by atoms with Crippen LogP contribution in [0.25, 0.3) is 0 Å². The third-order valence-corrected chi connectivity index (χ3v) is 17.3. The Morgan fingerprint density at radius 3 is 0.897 bits per heavy atom. The average Bonchev–Trinajstić information content (AvgIpc) is 3.03. The number of rotatable bonds is 7. The third kappa shape index (κ3) is 4.31. The van der Waals surface area contributed by atoms with Crippen molar-refractivity contribution >= 4 is 59.1 Å². The zero-order chi connectivity index (χ0) is 26.6. The van der Waals surface area contributed by atoms with Crippen molar-refractivity contribution in [3.8, 4) is 0 Å². The summed E-state index contributed by atoms with van der Waals surface area (Å²) in [6, 6.07) is 63.0. The van der Waals surface area contributed by atoms with Gasteiger partial charge in [0.2, 0.25) is 0 Å². The van der Waals surface area contributed by atoms with E-state index in [-0.39, 0.29) is 0 Å². The van der Waals surface area contributed by atoms with Crippen LogP contribution in [0, 0.1) is 0 Å². The predicted octanol–water partition coefficient (Wildman–Crippen LogP) is 8.62. The summed E-state index contributed by atoms with van der Waals surface area (Å²) >= 11 is 4.59. The number of benzene rings is 6. The van der Waals surface area contributed by atoms with Crippen molar-refractivity contribution in [3.63, 3.8) is 0 Å². The van der Waals surface area contributed by atoms with E-state index in [1.165, 1.54) is 21.2 Å². The van der Waals surface area contributed by atoms with E-state index in [0.29, 0.717) is 0 Å². The van der Waals surface area contributed by atoms with Crippen molar-refractivity contribution in [2.24, 2.45) is 0 Å². The molecule has 0 heterocycles. The van der Waals surface area contributed by atoms with Crippen molar-refractivity contribution < 1.29 is 0 Å². The first-order valence-electron chi connectivity index (χ1n) is 13.1. The molecule has 0 radical (unpaired) electrons. The second kappa shape index (κ2) is 10.7. The molecule has 190 valence electrons. The van der Waals surface area contributed by atoms with E-state index in [2.05, 4.69) is 196 Å². The van der Waals surface area contributed by atoms with Gasteiger partial charge in [-0.3, -0.25) is 0 Å². The quantitative estimate of drug-likeness (QED) is 0.169. The molecule has 6 rings (SSSR count). The van der Waals surface area contributed by atoms with Gasteiger partial charge in [0.15, 0.2) is 0 Å². The first-order valence-corrected chi connectivity index (χ1v) is 17.4. The summed E-state index contributed by atoms with van der Waals surface area (Å²) in [7, 11) is 0. The monoisotopic (exact) mass is 585 g/mol. The Morgan fingerprint density at radius 2 is 0.564 bits per heavy atom. The molecule has 0 saturated carbocycles. The Kier molecular flexibility index (Phi) is 6.92. The van der Waals surface area contributed by atoms with Crippen LogP contribution in [-0.2, 0) is 0 Å². The predicted molar refractivity (Wildman–Crippen MR) is 175 cm³/mol. The summed E-state index contributed by atoms with van der Waals surface area (Å²) in [6.07, 6.45) is 0. The molecule has 3 heteroatoms. The Balaban J connectivity index is 1.61. The molecule has 0 aliphatic carbocycles. The molecule has 0 fully saturated rings. The van der Waals surface area contributed by atoms with Gasteiger partial charge in [-0.15, -0.1) is 0 Å². The van der Waals surface area contributed by atoms with Gasteiger partial charge in [-0.05, 0) is 0 Å². The SMILES string of the molecule is BrP(c1ccccc1)(c1ccccc1)(c1ccccc1)c1ccc(N(c2ccccc2)c2ccccc2)cc1. The molecule has 0 saturated heterocycles. The van der Waals surface area contributed by atoms with Crippen LogP contribution in [0.3, 0.4) is 0 Å². The maximum atomic E-state index is 4.59. The summed E-state index contributed by atoms with van der Waals surface area (Å²) in [5.74, 6) is 0. The third-order valence-electron chi connectivity index (χ3n) is 7.34. The zero-order valence-electron chi connectivity index (χ0n) is 21.5. The Bertz CT molecular complexity index is 1500. The van der Waals surface area contributed by atoms with Gasteiger partial charge in [0.05, 0.1) is 0 Å². The van der Waals surface area contributed by atoms with Gasteiger partial charge in [0.25, 0.3) is 0 Å². The van der Waals surface area contributed by atoms with Gasteiger partial charge in [0, 0.05) is 0 Å². The van der Waals surface area contributed by atoms with E-state index in [1.807, 2.05) is 0 Å². The van der Waals surface area contributed by atoms with Crippen molar-refractivity contribution in [3.05, 3.63) is 176 Å². The standard InChI is InChI=1S/C36H29BrNP/c37-39(33-20-10-3-11-21-33,34-22-12-4-13-23-34,35-24-14-5-15-25-35)36-28-26-32(27-29-36)38(30-16-6-1-7-17-30)31-18-8-2-9-19-31/h1-29H. The minimum absolute atomic E-state index is 1.11. The zero-order valence-corrected chi connectivity index (χ0v) is 24.0. The average molecular weight is 587 g/mol. The first kappa shape index (κ1) is 25.3. The van der Waals surface area contributed by atoms with E-state index in [9.17, 15) is 0 Å². The molecule has 0 unspecified atom stereocenters. The number of para-hydroxylation sites is 2.